The fourth-order valence-electron chi connectivity index (χ4n) is 0.949. The lowest BCUT2D eigenvalue weighted by molar-refractivity contribution is -0.142. The van der Waals surface area contributed by atoms with Gasteiger partial charge in [0.25, 0.3) is 0 Å². The van der Waals surface area contributed by atoms with Crippen molar-refractivity contribution < 1.29 is 26.3 Å². The zero-order chi connectivity index (χ0) is 11.1. The van der Waals surface area contributed by atoms with E-state index >= 15 is 0 Å². The third kappa shape index (κ3) is 1.69. The van der Waals surface area contributed by atoms with Crippen molar-refractivity contribution in [3.05, 3.63) is 34.6 Å². The average molecular weight is 214 g/mol. The van der Waals surface area contributed by atoms with Gasteiger partial charge < -0.3 is 0 Å². The zero-order valence-corrected chi connectivity index (χ0v) is 6.85. The van der Waals surface area contributed by atoms with E-state index in [0.29, 0.717) is 0 Å². The summed E-state index contributed by atoms with van der Waals surface area (Å²) in [6, 6.07) is 0.0151. The molecule has 0 fully saturated rings. The Kier molecular flexibility index (Phi) is 2.47. The Balaban J connectivity index is 3.53. The second kappa shape index (κ2) is 3.18. The smallest absolute Gasteiger partial charge is 0.206 e. The Morgan fingerprint density at radius 1 is 1.00 bits per heavy atom. The molecule has 0 atom stereocenters. The van der Waals surface area contributed by atoms with Crippen LogP contribution in [-0.2, 0) is 6.18 Å². The summed E-state index contributed by atoms with van der Waals surface area (Å²) >= 11 is 0. The quantitative estimate of drug-likeness (QED) is 0.580. The number of hydrogen-bond acceptors (Lipinski definition) is 0. The van der Waals surface area contributed by atoms with Crippen LogP contribution < -0.4 is 0 Å². The second-order valence-corrected chi connectivity index (χ2v) is 2.65. The van der Waals surface area contributed by atoms with E-state index in [2.05, 4.69) is 0 Å². The minimum atomic E-state index is -5.16. The van der Waals surface area contributed by atoms with Crippen LogP contribution in [0, 0.1) is 24.4 Å². The van der Waals surface area contributed by atoms with Crippen molar-refractivity contribution in [1.82, 2.24) is 0 Å². The summed E-state index contributed by atoms with van der Waals surface area (Å²) in [6.45, 7) is 0.805. The fourth-order valence-corrected chi connectivity index (χ4v) is 0.949. The van der Waals surface area contributed by atoms with E-state index in [0.717, 1.165) is 6.92 Å². The molecule has 0 saturated carbocycles. The molecule has 0 aromatic heterocycles. The Morgan fingerprint density at radius 3 is 1.93 bits per heavy atom. The van der Waals surface area contributed by atoms with Gasteiger partial charge in [-0.1, -0.05) is 0 Å². The van der Waals surface area contributed by atoms with Gasteiger partial charge in [-0.3, -0.25) is 0 Å². The first-order chi connectivity index (χ1) is 6.25. The normalized spacial score (nSPS) is 11.9. The van der Waals surface area contributed by atoms with Crippen LogP contribution in [0.25, 0.3) is 0 Å². The molecule has 0 spiro atoms. The first-order valence-corrected chi connectivity index (χ1v) is 3.46. The van der Waals surface area contributed by atoms with Gasteiger partial charge in [0.2, 0.25) is 0 Å². The molecule has 0 nitrogen and oxygen atoms in total. The van der Waals surface area contributed by atoms with Gasteiger partial charge in [0.05, 0.1) is 0 Å². The van der Waals surface area contributed by atoms with Crippen LogP contribution in [0.2, 0.25) is 0 Å². The maximum atomic E-state index is 12.8. The molecule has 1 rings (SSSR count). The predicted molar refractivity (Wildman–Crippen MR) is 36.1 cm³/mol. The second-order valence-electron chi connectivity index (χ2n) is 2.65. The Hall–Kier alpha value is -1.20. The molecule has 14 heavy (non-hydrogen) atoms. The van der Waals surface area contributed by atoms with Gasteiger partial charge in [-0.25, -0.2) is 13.2 Å². The van der Waals surface area contributed by atoms with Crippen LogP contribution >= 0.6 is 0 Å². The van der Waals surface area contributed by atoms with Crippen LogP contribution in [0.3, 0.4) is 0 Å². The molecule has 0 radical (unpaired) electrons. The number of halogens is 6. The average Bonchev–Trinajstić information content (AvgIpc) is 1.97. The van der Waals surface area contributed by atoms with Gasteiger partial charge in [-0.15, -0.1) is 0 Å². The molecule has 0 aliphatic rings. The number of hydrogen-bond donors (Lipinski definition) is 0. The minimum absolute atomic E-state index is 0.0151. The molecule has 0 bridgehead atoms. The highest BCUT2D eigenvalue weighted by molar-refractivity contribution is 5.30. The van der Waals surface area contributed by atoms with Crippen molar-refractivity contribution in [3.63, 3.8) is 0 Å². The topological polar surface area (TPSA) is 0 Å². The molecular weight excluding hydrogens is 210 g/mol. The van der Waals surface area contributed by atoms with E-state index in [9.17, 15) is 26.3 Å². The van der Waals surface area contributed by atoms with Crippen LogP contribution in [0.4, 0.5) is 26.3 Å². The predicted octanol–water partition coefficient (Wildman–Crippen LogP) is 3.43. The van der Waals surface area contributed by atoms with E-state index in [-0.39, 0.29) is 6.07 Å². The van der Waals surface area contributed by atoms with Crippen LogP contribution in [-0.4, -0.2) is 0 Å². The van der Waals surface area contributed by atoms with Crippen molar-refractivity contribution in [2.45, 2.75) is 13.1 Å². The van der Waals surface area contributed by atoms with Gasteiger partial charge in [-0.05, 0) is 6.92 Å². The summed E-state index contributed by atoms with van der Waals surface area (Å²) in [5, 5.41) is 0. The SMILES string of the molecule is Cc1c(F)cc(F)c(C(F)(F)F)c1F. The minimum Gasteiger partial charge on any atom is -0.206 e. The molecular formula is C8H4F6. The van der Waals surface area contributed by atoms with Crippen molar-refractivity contribution >= 4 is 0 Å². The first kappa shape index (κ1) is 10.9. The number of alkyl halides is 3. The first-order valence-electron chi connectivity index (χ1n) is 3.46. The monoisotopic (exact) mass is 214 g/mol. The Morgan fingerprint density at radius 2 is 1.50 bits per heavy atom. The standard InChI is InChI=1S/C8H4F6/c1-3-4(9)2-5(10)6(7(3)11)8(12,13)14/h2H,1H3. The maximum Gasteiger partial charge on any atom is 0.422 e. The molecule has 0 saturated heterocycles. The van der Waals surface area contributed by atoms with Crippen LogP contribution in [0.5, 0.6) is 0 Å². The number of benzene rings is 1. The summed E-state index contributed by atoms with van der Waals surface area (Å²) in [6.07, 6.45) is -5.16. The zero-order valence-electron chi connectivity index (χ0n) is 6.85. The third-order valence-electron chi connectivity index (χ3n) is 1.68. The van der Waals surface area contributed by atoms with Gasteiger partial charge in [-0.2, -0.15) is 13.2 Å². The van der Waals surface area contributed by atoms with Crippen molar-refractivity contribution in [1.29, 1.82) is 0 Å². The van der Waals surface area contributed by atoms with Gasteiger partial charge >= 0.3 is 6.18 Å². The lowest BCUT2D eigenvalue weighted by atomic mass is 10.1. The van der Waals surface area contributed by atoms with E-state index in [1.165, 1.54) is 0 Å². The lowest BCUT2D eigenvalue weighted by Crippen LogP contribution is -2.13. The molecule has 78 valence electrons. The maximum absolute atomic E-state index is 12.8. The molecule has 0 aliphatic carbocycles. The van der Waals surface area contributed by atoms with Crippen molar-refractivity contribution in [2.75, 3.05) is 0 Å². The summed E-state index contributed by atoms with van der Waals surface area (Å²) in [5.41, 5.74) is -2.91. The largest absolute Gasteiger partial charge is 0.422 e. The van der Waals surface area contributed by atoms with Gasteiger partial charge in [0.1, 0.15) is 23.0 Å². The molecule has 0 unspecified atom stereocenters. The molecule has 6 heteroatoms. The third-order valence-corrected chi connectivity index (χ3v) is 1.68. The number of rotatable bonds is 0. The Labute approximate surface area is 75.2 Å². The summed E-state index contributed by atoms with van der Waals surface area (Å²) in [5.74, 6) is -5.19. The fraction of sp³-hybridized carbons (Fsp3) is 0.250. The molecule has 0 N–H and O–H groups in total. The van der Waals surface area contributed by atoms with Crippen LogP contribution in [0.1, 0.15) is 11.1 Å². The van der Waals surface area contributed by atoms with E-state index in [1.54, 1.807) is 0 Å². The van der Waals surface area contributed by atoms with E-state index in [1.807, 2.05) is 0 Å². The highest BCUT2D eigenvalue weighted by Gasteiger charge is 2.39. The van der Waals surface area contributed by atoms with Crippen LogP contribution in [0.15, 0.2) is 6.07 Å². The molecule has 0 aliphatic heterocycles. The summed E-state index contributed by atoms with van der Waals surface area (Å²) < 4.78 is 74.0. The van der Waals surface area contributed by atoms with Crippen molar-refractivity contribution in [2.24, 2.45) is 0 Å². The Bertz CT molecular complexity index is 365. The molecule has 1 aromatic rings. The van der Waals surface area contributed by atoms with E-state index in [4.69, 9.17) is 0 Å². The molecule has 0 amide bonds. The van der Waals surface area contributed by atoms with Gasteiger partial charge in [0, 0.05) is 11.6 Å². The lowest BCUT2D eigenvalue weighted by Gasteiger charge is -2.10. The van der Waals surface area contributed by atoms with Gasteiger partial charge in [0.15, 0.2) is 0 Å². The highest BCUT2D eigenvalue weighted by atomic mass is 19.4. The van der Waals surface area contributed by atoms with E-state index < -0.39 is 34.8 Å². The molecule has 1 aromatic carbocycles. The van der Waals surface area contributed by atoms with Crippen molar-refractivity contribution in [3.8, 4) is 0 Å². The highest BCUT2D eigenvalue weighted by Crippen LogP contribution is 2.35. The summed E-state index contributed by atoms with van der Waals surface area (Å²) in [4.78, 5) is 0. The molecule has 0 heterocycles. The summed E-state index contributed by atoms with van der Waals surface area (Å²) in [7, 11) is 0.